The highest BCUT2D eigenvalue weighted by atomic mass is 16.2. The Kier molecular flexibility index (Phi) is 5.13. The van der Waals surface area contributed by atoms with E-state index in [0.29, 0.717) is 12.1 Å². The number of urea groups is 1. The predicted molar refractivity (Wildman–Crippen MR) is 102 cm³/mol. The number of nitrogens with zero attached hydrogens (tertiary/aromatic N) is 2. The second-order valence-electron chi connectivity index (χ2n) is 7.83. The van der Waals surface area contributed by atoms with Crippen LogP contribution >= 0.6 is 0 Å². The summed E-state index contributed by atoms with van der Waals surface area (Å²) in [6.07, 6.45) is 10.6. The van der Waals surface area contributed by atoms with E-state index < -0.39 is 11.6 Å². The number of Topliss-reactive ketones (excluding diaryl/α,β-unsaturated/α-hetero) is 1. The SMILES string of the molecule is CN1C(=O)N(CC(=O)C2=C(N)C=C(N)CC=C2)C(=O)C1(C)C1CCCCC1. The van der Waals surface area contributed by atoms with E-state index in [-0.39, 0.29) is 35.4 Å². The van der Waals surface area contributed by atoms with Crippen molar-refractivity contribution in [1.29, 1.82) is 0 Å². The Hall–Kier alpha value is -2.57. The first kappa shape index (κ1) is 19.2. The number of hydrogen-bond acceptors (Lipinski definition) is 5. The van der Waals surface area contributed by atoms with Gasteiger partial charge in [0.15, 0.2) is 5.78 Å². The number of carbonyl (C=O) groups excluding carboxylic acids is 3. The van der Waals surface area contributed by atoms with Crippen molar-refractivity contribution in [3.63, 3.8) is 0 Å². The van der Waals surface area contributed by atoms with Gasteiger partial charge in [0.2, 0.25) is 0 Å². The summed E-state index contributed by atoms with van der Waals surface area (Å²) in [5.41, 5.74) is 12.0. The summed E-state index contributed by atoms with van der Waals surface area (Å²) in [6, 6.07) is -0.423. The van der Waals surface area contributed by atoms with Crippen LogP contribution in [0.3, 0.4) is 0 Å². The molecule has 1 heterocycles. The minimum absolute atomic E-state index is 0.123. The summed E-state index contributed by atoms with van der Waals surface area (Å²) >= 11 is 0. The molecule has 1 atom stereocenters. The van der Waals surface area contributed by atoms with Crippen molar-refractivity contribution < 1.29 is 14.4 Å². The van der Waals surface area contributed by atoms with Crippen molar-refractivity contribution in [1.82, 2.24) is 9.80 Å². The number of hydrogen-bond donors (Lipinski definition) is 2. The van der Waals surface area contributed by atoms with Gasteiger partial charge in [-0.3, -0.25) is 14.5 Å². The highest BCUT2D eigenvalue weighted by molar-refractivity contribution is 6.11. The smallest absolute Gasteiger partial charge is 0.327 e. The van der Waals surface area contributed by atoms with Crippen LogP contribution in [-0.2, 0) is 9.59 Å². The summed E-state index contributed by atoms with van der Waals surface area (Å²) < 4.78 is 0. The van der Waals surface area contributed by atoms with Gasteiger partial charge >= 0.3 is 6.03 Å². The first-order valence-electron chi connectivity index (χ1n) is 9.52. The fourth-order valence-electron chi connectivity index (χ4n) is 4.36. The summed E-state index contributed by atoms with van der Waals surface area (Å²) in [6.45, 7) is 1.52. The van der Waals surface area contributed by atoms with E-state index in [1.165, 1.54) is 4.90 Å². The molecule has 146 valence electrons. The third kappa shape index (κ3) is 3.26. The zero-order chi connectivity index (χ0) is 19.8. The van der Waals surface area contributed by atoms with Gasteiger partial charge in [0.1, 0.15) is 5.54 Å². The van der Waals surface area contributed by atoms with E-state index in [9.17, 15) is 14.4 Å². The Labute approximate surface area is 159 Å². The van der Waals surface area contributed by atoms with Crippen molar-refractivity contribution in [3.05, 3.63) is 35.2 Å². The molecule has 1 aliphatic heterocycles. The first-order chi connectivity index (χ1) is 12.8. The normalized spacial score (nSPS) is 27.3. The average Bonchev–Trinajstić information content (AvgIpc) is 2.78. The molecular weight excluding hydrogens is 344 g/mol. The molecule has 3 amide bonds. The molecule has 4 N–H and O–H groups in total. The van der Waals surface area contributed by atoms with E-state index in [1.807, 2.05) is 6.92 Å². The maximum Gasteiger partial charge on any atom is 0.327 e. The summed E-state index contributed by atoms with van der Waals surface area (Å²) in [4.78, 5) is 41.3. The minimum atomic E-state index is -0.888. The monoisotopic (exact) mass is 372 g/mol. The van der Waals surface area contributed by atoms with Gasteiger partial charge < -0.3 is 16.4 Å². The predicted octanol–water partition coefficient (Wildman–Crippen LogP) is 1.80. The number of ketones is 1. The molecule has 0 radical (unpaired) electrons. The first-order valence-corrected chi connectivity index (χ1v) is 9.52. The van der Waals surface area contributed by atoms with Gasteiger partial charge in [0.25, 0.3) is 5.91 Å². The third-order valence-electron chi connectivity index (χ3n) is 6.18. The highest BCUT2D eigenvalue weighted by Crippen LogP contribution is 2.41. The quantitative estimate of drug-likeness (QED) is 0.731. The van der Waals surface area contributed by atoms with E-state index in [2.05, 4.69) is 0 Å². The lowest BCUT2D eigenvalue weighted by molar-refractivity contribution is -0.137. The largest absolute Gasteiger partial charge is 0.402 e. The van der Waals surface area contributed by atoms with Crippen molar-refractivity contribution in [2.45, 2.75) is 51.0 Å². The molecule has 2 fully saturated rings. The molecule has 1 saturated heterocycles. The Morgan fingerprint density at radius 3 is 2.56 bits per heavy atom. The summed E-state index contributed by atoms with van der Waals surface area (Å²) in [7, 11) is 1.65. The van der Waals surface area contributed by atoms with Gasteiger partial charge in [0.05, 0.1) is 6.54 Å². The van der Waals surface area contributed by atoms with E-state index in [1.54, 1.807) is 25.3 Å². The molecule has 1 saturated carbocycles. The van der Waals surface area contributed by atoms with Crippen LogP contribution in [0.5, 0.6) is 0 Å². The Balaban J connectivity index is 1.83. The van der Waals surface area contributed by atoms with Crippen LogP contribution in [0.25, 0.3) is 0 Å². The molecular formula is C20H28N4O3. The van der Waals surface area contributed by atoms with Crippen LogP contribution < -0.4 is 11.5 Å². The number of carbonyl (C=O) groups is 3. The van der Waals surface area contributed by atoms with Crippen molar-refractivity contribution >= 4 is 17.7 Å². The zero-order valence-electron chi connectivity index (χ0n) is 16.0. The molecule has 1 unspecified atom stereocenters. The van der Waals surface area contributed by atoms with Crippen LogP contribution in [0.15, 0.2) is 35.2 Å². The lowest BCUT2D eigenvalue weighted by Gasteiger charge is -2.38. The number of imide groups is 1. The minimum Gasteiger partial charge on any atom is -0.402 e. The summed E-state index contributed by atoms with van der Waals surface area (Å²) in [5.74, 6) is -0.530. The van der Waals surface area contributed by atoms with Crippen LogP contribution in [0.1, 0.15) is 45.4 Å². The van der Waals surface area contributed by atoms with Gasteiger partial charge in [-0.25, -0.2) is 4.79 Å². The van der Waals surface area contributed by atoms with Gasteiger partial charge in [-0.2, -0.15) is 0 Å². The Morgan fingerprint density at radius 1 is 1.22 bits per heavy atom. The molecule has 3 rings (SSSR count). The topological polar surface area (TPSA) is 110 Å². The molecule has 2 aliphatic carbocycles. The van der Waals surface area contributed by atoms with E-state index >= 15 is 0 Å². The molecule has 0 aromatic rings. The Morgan fingerprint density at radius 2 is 1.89 bits per heavy atom. The molecule has 0 spiro atoms. The number of amides is 3. The van der Waals surface area contributed by atoms with Crippen LogP contribution in [0.2, 0.25) is 0 Å². The summed E-state index contributed by atoms with van der Waals surface area (Å²) in [5, 5.41) is 0. The zero-order valence-corrected chi connectivity index (χ0v) is 16.0. The van der Waals surface area contributed by atoms with E-state index in [0.717, 1.165) is 37.0 Å². The van der Waals surface area contributed by atoms with E-state index in [4.69, 9.17) is 11.5 Å². The molecule has 7 nitrogen and oxygen atoms in total. The molecule has 7 heteroatoms. The second-order valence-corrected chi connectivity index (χ2v) is 7.83. The fourth-order valence-corrected chi connectivity index (χ4v) is 4.36. The van der Waals surface area contributed by atoms with Crippen molar-refractivity contribution in [2.24, 2.45) is 17.4 Å². The number of nitrogens with two attached hydrogens (primary N) is 2. The number of allylic oxidation sites excluding steroid dienone is 3. The van der Waals surface area contributed by atoms with Crippen LogP contribution in [-0.4, -0.2) is 46.7 Å². The Bertz CT molecular complexity index is 761. The fraction of sp³-hybridized carbons (Fsp3) is 0.550. The van der Waals surface area contributed by atoms with Crippen molar-refractivity contribution in [2.75, 3.05) is 13.6 Å². The number of rotatable bonds is 4. The highest BCUT2D eigenvalue weighted by Gasteiger charge is 2.56. The lowest BCUT2D eigenvalue weighted by Crippen LogP contribution is -2.52. The standard InChI is InChI=1S/C20H28N4O3/c1-20(13-7-4-3-5-8-13)18(26)24(19(27)23(20)2)12-17(25)15-10-6-9-14(21)11-16(15)22/h6,10-11,13H,3-5,7-9,12,21-22H2,1-2H3. The third-order valence-corrected chi connectivity index (χ3v) is 6.18. The van der Waals surface area contributed by atoms with Gasteiger partial charge in [-0.15, -0.1) is 0 Å². The maximum atomic E-state index is 13.2. The molecule has 0 aromatic heterocycles. The average molecular weight is 372 g/mol. The maximum absolute atomic E-state index is 13.2. The van der Waals surface area contributed by atoms with Gasteiger partial charge in [-0.1, -0.05) is 31.4 Å². The molecule has 27 heavy (non-hydrogen) atoms. The van der Waals surface area contributed by atoms with Gasteiger partial charge in [-0.05, 0) is 31.8 Å². The molecule has 3 aliphatic rings. The second kappa shape index (κ2) is 7.21. The van der Waals surface area contributed by atoms with Gasteiger partial charge in [0, 0.05) is 30.4 Å². The van der Waals surface area contributed by atoms with Crippen molar-refractivity contribution in [3.8, 4) is 0 Å². The molecule has 0 aromatic carbocycles. The molecule has 0 bridgehead atoms. The van der Waals surface area contributed by atoms with Crippen LogP contribution in [0.4, 0.5) is 4.79 Å². The van der Waals surface area contributed by atoms with Crippen LogP contribution in [0, 0.1) is 5.92 Å². The lowest BCUT2D eigenvalue weighted by atomic mass is 9.75. The number of likely N-dealkylation sites (N-methyl/N-ethyl adjacent to an activating group) is 1.